The summed E-state index contributed by atoms with van der Waals surface area (Å²) < 4.78 is 0. The van der Waals surface area contributed by atoms with Gasteiger partial charge in [0, 0.05) is 12.2 Å². The molecule has 16 heavy (non-hydrogen) atoms. The van der Waals surface area contributed by atoms with E-state index < -0.39 is 6.10 Å². The van der Waals surface area contributed by atoms with E-state index in [0.717, 1.165) is 5.69 Å². The monoisotopic (exact) mass is 238 g/mol. The Morgan fingerprint density at radius 3 is 2.38 bits per heavy atom. The topological polar surface area (TPSA) is 44.3 Å². The summed E-state index contributed by atoms with van der Waals surface area (Å²) in [6.07, 6.45) is -0.404. The van der Waals surface area contributed by atoms with Crippen molar-refractivity contribution in [1.82, 2.24) is 5.32 Å². The van der Waals surface area contributed by atoms with E-state index >= 15 is 0 Å². The van der Waals surface area contributed by atoms with E-state index in [1.54, 1.807) is 6.92 Å². The second-order valence-corrected chi connectivity index (χ2v) is 4.47. The van der Waals surface area contributed by atoms with Crippen molar-refractivity contribution in [3.8, 4) is 0 Å². The standard InChI is InChI=1S/C12H18N2OS/c1-8-4-9(2)6-11(5-8)14-12(16)13-7-10(3)15/h4-6,10,15H,7H2,1-3H3,(H2,13,14,16). The highest BCUT2D eigenvalue weighted by Crippen LogP contribution is 2.13. The molecule has 0 aromatic heterocycles. The lowest BCUT2D eigenvalue weighted by Crippen LogP contribution is -2.33. The summed E-state index contributed by atoms with van der Waals surface area (Å²) >= 11 is 5.11. The van der Waals surface area contributed by atoms with Crippen LogP contribution in [0.25, 0.3) is 0 Å². The van der Waals surface area contributed by atoms with E-state index in [4.69, 9.17) is 17.3 Å². The molecule has 1 rings (SSSR count). The minimum absolute atomic E-state index is 0.404. The smallest absolute Gasteiger partial charge is 0.170 e. The lowest BCUT2D eigenvalue weighted by molar-refractivity contribution is 0.198. The molecule has 1 unspecified atom stereocenters. The molecule has 1 aromatic rings. The first kappa shape index (κ1) is 12.9. The number of aliphatic hydroxyl groups is 1. The van der Waals surface area contributed by atoms with Crippen LogP contribution < -0.4 is 10.6 Å². The van der Waals surface area contributed by atoms with Gasteiger partial charge in [-0.05, 0) is 56.2 Å². The molecule has 1 atom stereocenters. The molecule has 4 heteroatoms. The highest BCUT2D eigenvalue weighted by atomic mass is 32.1. The minimum atomic E-state index is -0.404. The summed E-state index contributed by atoms with van der Waals surface area (Å²) in [5.41, 5.74) is 3.36. The molecule has 0 bridgehead atoms. The first-order chi connectivity index (χ1) is 7.47. The number of thiocarbonyl (C=S) groups is 1. The van der Waals surface area contributed by atoms with Gasteiger partial charge in [-0.1, -0.05) is 6.07 Å². The second-order valence-electron chi connectivity index (χ2n) is 4.06. The van der Waals surface area contributed by atoms with E-state index in [-0.39, 0.29) is 0 Å². The summed E-state index contributed by atoms with van der Waals surface area (Å²) in [5, 5.41) is 15.7. The van der Waals surface area contributed by atoms with Crippen molar-refractivity contribution in [1.29, 1.82) is 0 Å². The predicted octanol–water partition coefficient (Wildman–Crippen LogP) is 1.97. The van der Waals surface area contributed by atoms with Crippen molar-refractivity contribution in [3.63, 3.8) is 0 Å². The molecule has 0 aliphatic heterocycles. The first-order valence-electron chi connectivity index (χ1n) is 5.28. The van der Waals surface area contributed by atoms with Crippen molar-refractivity contribution >= 4 is 23.0 Å². The molecule has 0 saturated heterocycles. The molecule has 0 heterocycles. The van der Waals surface area contributed by atoms with Crippen LogP contribution in [0.4, 0.5) is 5.69 Å². The summed E-state index contributed by atoms with van der Waals surface area (Å²) in [7, 11) is 0. The zero-order valence-corrected chi connectivity index (χ0v) is 10.7. The predicted molar refractivity (Wildman–Crippen MR) is 71.8 cm³/mol. The number of aliphatic hydroxyl groups excluding tert-OH is 1. The zero-order valence-electron chi connectivity index (χ0n) is 9.87. The molecule has 3 nitrogen and oxygen atoms in total. The lowest BCUT2D eigenvalue weighted by Gasteiger charge is -2.12. The summed E-state index contributed by atoms with van der Waals surface area (Å²) in [4.78, 5) is 0. The van der Waals surface area contributed by atoms with Gasteiger partial charge in [-0.15, -0.1) is 0 Å². The molecule has 0 aliphatic carbocycles. The average molecular weight is 238 g/mol. The Kier molecular flexibility index (Phi) is 4.71. The molecule has 0 fully saturated rings. The molecule has 0 radical (unpaired) electrons. The molecular weight excluding hydrogens is 220 g/mol. The molecule has 3 N–H and O–H groups in total. The van der Waals surface area contributed by atoms with E-state index in [2.05, 4.69) is 16.7 Å². The van der Waals surface area contributed by atoms with Gasteiger partial charge < -0.3 is 15.7 Å². The molecular formula is C12H18N2OS. The Bertz CT molecular complexity index is 357. The maximum Gasteiger partial charge on any atom is 0.170 e. The lowest BCUT2D eigenvalue weighted by atomic mass is 10.1. The van der Waals surface area contributed by atoms with Crippen molar-refractivity contribution in [2.24, 2.45) is 0 Å². The van der Waals surface area contributed by atoms with Crippen molar-refractivity contribution in [2.45, 2.75) is 26.9 Å². The fourth-order valence-corrected chi connectivity index (χ4v) is 1.66. The van der Waals surface area contributed by atoms with Crippen LogP contribution in [0.2, 0.25) is 0 Å². The fraction of sp³-hybridized carbons (Fsp3) is 0.417. The van der Waals surface area contributed by atoms with Crippen molar-refractivity contribution in [2.75, 3.05) is 11.9 Å². The summed E-state index contributed by atoms with van der Waals surface area (Å²) in [6, 6.07) is 6.17. The van der Waals surface area contributed by atoms with E-state index in [1.165, 1.54) is 11.1 Å². The quantitative estimate of drug-likeness (QED) is 0.705. The van der Waals surface area contributed by atoms with Crippen LogP contribution in [0.3, 0.4) is 0 Å². The third kappa shape index (κ3) is 4.59. The van der Waals surface area contributed by atoms with Gasteiger partial charge in [-0.2, -0.15) is 0 Å². The third-order valence-corrected chi connectivity index (χ3v) is 2.28. The number of hydrogen-bond acceptors (Lipinski definition) is 2. The highest BCUT2D eigenvalue weighted by Gasteiger charge is 2.00. The number of benzene rings is 1. The summed E-state index contributed by atoms with van der Waals surface area (Å²) in [6.45, 7) is 6.26. The minimum Gasteiger partial charge on any atom is -0.392 e. The van der Waals surface area contributed by atoms with Crippen LogP contribution in [-0.4, -0.2) is 22.9 Å². The van der Waals surface area contributed by atoms with Gasteiger partial charge in [0.1, 0.15) is 0 Å². The zero-order chi connectivity index (χ0) is 12.1. The van der Waals surface area contributed by atoms with Gasteiger partial charge in [-0.3, -0.25) is 0 Å². The normalized spacial score (nSPS) is 12.0. The first-order valence-corrected chi connectivity index (χ1v) is 5.69. The molecule has 0 spiro atoms. The third-order valence-electron chi connectivity index (χ3n) is 2.04. The number of hydrogen-bond donors (Lipinski definition) is 3. The Labute approximate surface area is 102 Å². The molecule has 0 amide bonds. The van der Waals surface area contributed by atoms with Crippen LogP contribution in [0.15, 0.2) is 18.2 Å². The van der Waals surface area contributed by atoms with E-state index in [1.807, 2.05) is 26.0 Å². The molecule has 88 valence electrons. The van der Waals surface area contributed by atoms with Gasteiger partial charge >= 0.3 is 0 Å². The van der Waals surface area contributed by atoms with E-state index in [9.17, 15) is 0 Å². The Morgan fingerprint density at radius 2 is 1.88 bits per heavy atom. The maximum absolute atomic E-state index is 9.11. The van der Waals surface area contributed by atoms with Gasteiger partial charge in [0.2, 0.25) is 0 Å². The van der Waals surface area contributed by atoms with Crippen LogP contribution >= 0.6 is 12.2 Å². The molecule has 0 saturated carbocycles. The molecule has 1 aromatic carbocycles. The number of nitrogens with one attached hydrogen (secondary N) is 2. The largest absolute Gasteiger partial charge is 0.392 e. The van der Waals surface area contributed by atoms with Gasteiger partial charge in [0.15, 0.2) is 5.11 Å². The highest BCUT2D eigenvalue weighted by molar-refractivity contribution is 7.80. The number of rotatable bonds is 3. The SMILES string of the molecule is Cc1cc(C)cc(NC(=S)NCC(C)O)c1. The average Bonchev–Trinajstić information content (AvgIpc) is 2.12. The summed E-state index contributed by atoms with van der Waals surface area (Å²) in [5.74, 6) is 0. The van der Waals surface area contributed by atoms with Crippen LogP contribution in [0.1, 0.15) is 18.1 Å². The fourth-order valence-electron chi connectivity index (χ4n) is 1.46. The van der Waals surface area contributed by atoms with Crippen LogP contribution in [0.5, 0.6) is 0 Å². The van der Waals surface area contributed by atoms with Crippen LogP contribution in [-0.2, 0) is 0 Å². The second kappa shape index (κ2) is 5.82. The Morgan fingerprint density at radius 1 is 1.31 bits per heavy atom. The van der Waals surface area contributed by atoms with Gasteiger partial charge in [0.25, 0.3) is 0 Å². The molecule has 0 aliphatic rings. The van der Waals surface area contributed by atoms with Gasteiger partial charge in [-0.25, -0.2) is 0 Å². The van der Waals surface area contributed by atoms with Crippen molar-refractivity contribution < 1.29 is 5.11 Å². The maximum atomic E-state index is 9.11. The van der Waals surface area contributed by atoms with Gasteiger partial charge in [0.05, 0.1) is 6.10 Å². The Balaban J connectivity index is 2.56. The van der Waals surface area contributed by atoms with E-state index in [0.29, 0.717) is 11.7 Å². The number of anilines is 1. The number of aryl methyl sites for hydroxylation is 2. The van der Waals surface area contributed by atoms with Crippen molar-refractivity contribution in [3.05, 3.63) is 29.3 Å². The van der Waals surface area contributed by atoms with Crippen LogP contribution in [0, 0.1) is 13.8 Å². The Hall–Kier alpha value is -1.13.